The van der Waals surface area contributed by atoms with Crippen LogP contribution in [-0.4, -0.2) is 21.6 Å². The molecule has 2 atom stereocenters. The molecule has 0 bridgehead atoms. The van der Waals surface area contributed by atoms with Gasteiger partial charge in [0.1, 0.15) is 6.04 Å². The predicted molar refractivity (Wildman–Crippen MR) is 137 cm³/mol. The number of thiophene rings is 1. The van der Waals surface area contributed by atoms with Gasteiger partial charge in [0, 0.05) is 27.7 Å². The summed E-state index contributed by atoms with van der Waals surface area (Å²) in [5, 5.41) is 14.9. The van der Waals surface area contributed by atoms with Gasteiger partial charge in [0.2, 0.25) is 5.91 Å². The summed E-state index contributed by atoms with van der Waals surface area (Å²) in [6.07, 6.45) is 1.79. The number of hydrogen-bond donors (Lipinski definition) is 2. The fourth-order valence-electron chi connectivity index (χ4n) is 3.94. The van der Waals surface area contributed by atoms with Crippen molar-refractivity contribution < 1.29 is 14.7 Å². The van der Waals surface area contributed by atoms with E-state index in [9.17, 15) is 19.5 Å². The van der Waals surface area contributed by atoms with Gasteiger partial charge in [0.25, 0.3) is 5.56 Å². The number of carboxylic acids is 1. The number of aryl methyl sites for hydroxylation is 2. The highest BCUT2D eigenvalue weighted by Gasteiger charge is 2.27. The summed E-state index contributed by atoms with van der Waals surface area (Å²) in [6.45, 7) is 7.74. The molecule has 0 spiro atoms. The van der Waals surface area contributed by atoms with Gasteiger partial charge in [0.15, 0.2) is 0 Å². The van der Waals surface area contributed by atoms with Crippen molar-refractivity contribution >= 4 is 34.8 Å². The summed E-state index contributed by atoms with van der Waals surface area (Å²) in [5.41, 5.74) is 3.15. The lowest BCUT2D eigenvalue weighted by Gasteiger charge is -2.24. The maximum Gasteiger partial charge on any atom is 0.305 e. The lowest BCUT2D eigenvalue weighted by Crippen LogP contribution is -2.40. The molecule has 2 heterocycles. The van der Waals surface area contributed by atoms with Gasteiger partial charge < -0.3 is 15.0 Å². The standard InChI is InChI=1S/C26H29ClN2O4S/c1-15(2)10-21(29-9-8-16(3)11-23(29)30)26(33)28-20(13-24(31)32)18-12-22(34-14-18)25-17(4)6-5-7-19(25)27/h5-9,11-12,14-15,20-21H,10,13H2,1-4H3,(H,28,33)(H,31,32)/t20-,21+/m1/s1. The molecule has 0 saturated heterocycles. The minimum atomic E-state index is -1.03. The Morgan fingerprint density at radius 2 is 1.91 bits per heavy atom. The number of pyridine rings is 1. The van der Waals surface area contributed by atoms with Crippen molar-refractivity contribution in [3.63, 3.8) is 0 Å². The Kier molecular flexibility index (Phi) is 8.33. The van der Waals surface area contributed by atoms with Crippen LogP contribution in [0.15, 0.2) is 52.8 Å². The molecule has 2 N–H and O–H groups in total. The normalized spacial score (nSPS) is 13.0. The first-order chi connectivity index (χ1) is 16.1. The molecule has 3 aromatic rings. The van der Waals surface area contributed by atoms with Gasteiger partial charge in [-0.1, -0.05) is 37.6 Å². The van der Waals surface area contributed by atoms with Gasteiger partial charge in [-0.15, -0.1) is 11.3 Å². The smallest absolute Gasteiger partial charge is 0.305 e. The number of benzene rings is 1. The number of aromatic nitrogens is 1. The molecule has 1 aromatic carbocycles. The zero-order valence-corrected chi connectivity index (χ0v) is 21.2. The van der Waals surface area contributed by atoms with Crippen LogP contribution in [0.1, 0.15) is 55.5 Å². The van der Waals surface area contributed by atoms with E-state index < -0.39 is 18.1 Å². The molecular formula is C26H29ClN2O4S. The molecule has 0 aliphatic heterocycles. The van der Waals surface area contributed by atoms with E-state index in [0.717, 1.165) is 21.6 Å². The van der Waals surface area contributed by atoms with Crippen molar-refractivity contribution in [1.29, 1.82) is 0 Å². The third-order valence-corrected chi connectivity index (χ3v) is 6.90. The lowest BCUT2D eigenvalue weighted by atomic mass is 10.00. The van der Waals surface area contributed by atoms with Crippen LogP contribution < -0.4 is 10.9 Å². The first kappa shape index (κ1) is 25.7. The third kappa shape index (κ3) is 6.15. The Hall–Kier alpha value is -2.90. The van der Waals surface area contributed by atoms with E-state index >= 15 is 0 Å². The first-order valence-corrected chi connectivity index (χ1v) is 12.4. The zero-order chi connectivity index (χ0) is 25.0. The van der Waals surface area contributed by atoms with Crippen molar-refractivity contribution in [2.75, 3.05) is 0 Å². The Labute approximate surface area is 208 Å². The second-order valence-electron chi connectivity index (χ2n) is 8.93. The van der Waals surface area contributed by atoms with Gasteiger partial charge in [-0.05, 0) is 66.5 Å². The minimum absolute atomic E-state index is 0.151. The van der Waals surface area contributed by atoms with Crippen molar-refractivity contribution in [3.05, 3.63) is 80.0 Å². The van der Waals surface area contributed by atoms with Gasteiger partial charge in [0.05, 0.1) is 12.5 Å². The highest BCUT2D eigenvalue weighted by Crippen LogP contribution is 2.37. The quantitative estimate of drug-likeness (QED) is 0.390. The molecule has 3 rings (SSSR count). The molecule has 6 nitrogen and oxygen atoms in total. The Balaban J connectivity index is 1.94. The highest BCUT2D eigenvalue weighted by atomic mass is 35.5. The average Bonchev–Trinajstić information content (AvgIpc) is 3.21. The molecule has 0 saturated carbocycles. The molecule has 1 amide bonds. The third-order valence-electron chi connectivity index (χ3n) is 5.62. The van der Waals surface area contributed by atoms with Crippen LogP contribution in [0.5, 0.6) is 0 Å². The van der Waals surface area contributed by atoms with Crippen LogP contribution in [0.3, 0.4) is 0 Å². The van der Waals surface area contributed by atoms with E-state index in [-0.39, 0.29) is 23.8 Å². The number of carbonyl (C=O) groups excluding carboxylic acids is 1. The second kappa shape index (κ2) is 11.0. The van der Waals surface area contributed by atoms with Gasteiger partial charge >= 0.3 is 5.97 Å². The molecule has 2 aromatic heterocycles. The fraction of sp³-hybridized carbons (Fsp3) is 0.346. The number of halogens is 1. The largest absolute Gasteiger partial charge is 0.481 e. The Morgan fingerprint density at radius 3 is 2.53 bits per heavy atom. The van der Waals surface area contributed by atoms with Crippen LogP contribution >= 0.6 is 22.9 Å². The summed E-state index contributed by atoms with van der Waals surface area (Å²) >= 11 is 7.86. The van der Waals surface area contributed by atoms with Crippen molar-refractivity contribution in [2.24, 2.45) is 5.92 Å². The predicted octanol–water partition coefficient (Wildman–Crippen LogP) is 5.77. The number of nitrogens with zero attached hydrogens (tertiary/aromatic N) is 1. The summed E-state index contributed by atoms with van der Waals surface area (Å²) in [6, 6.07) is 9.33. The van der Waals surface area contributed by atoms with E-state index in [1.807, 2.05) is 57.3 Å². The molecule has 34 heavy (non-hydrogen) atoms. The second-order valence-corrected chi connectivity index (χ2v) is 10.2. The van der Waals surface area contributed by atoms with E-state index in [2.05, 4.69) is 5.32 Å². The highest BCUT2D eigenvalue weighted by molar-refractivity contribution is 7.13. The summed E-state index contributed by atoms with van der Waals surface area (Å²) < 4.78 is 1.42. The number of aliphatic carboxylic acids is 1. The van der Waals surface area contributed by atoms with Crippen LogP contribution in [-0.2, 0) is 9.59 Å². The van der Waals surface area contributed by atoms with Crippen LogP contribution in [0.2, 0.25) is 5.02 Å². The Bertz CT molecular complexity index is 1230. The van der Waals surface area contributed by atoms with Crippen LogP contribution in [0.25, 0.3) is 10.4 Å². The maximum atomic E-state index is 13.4. The van der Waals surface area contributed by atoms with Gasteiger partial charge in [-0.25, -0.2) is 0 Å². The average molecular weight is 501 g/mol. The number of nitrogens with one attached hydrogen (secondary N) is 1. The summed E-state index contributed by atoms with van der Waals surface area (Å²) in [7, 11) is 0. The van der Waals surface area contributed by atoms with E-state index in [4.69, 9.17) is 11.6 Å². The molecule has 0 aliphatic carbocycles. The maximum absolute atomic E-state index is 13.4. The SMILES string of the molecule is Cc1ccn([C@@H](CC(C)C)C(=O)N[C@H](CC(=O)O)c2csc(-c3c(C)cccc3Cl)c2)c(=O)c1. The summed E-state index contributed by atoms with van der Waals surface area (Å²) in [5.74, 6) is -1.26. The van der Waals surface area contributed by atoms with Crippen LogP contribution in [0, 0.1) is 19.8 Å². The molecular weight excluding hydrogens is 472 g/mol. The van der Waals surface area contributed by atoms with E-state index in [1.165, 1.54) is 22.0 Å². The molecule has 0 aliphatic rings. The monoisotopic (exact) mass is 500 g/mol. The number of hydrogen-bond acceptors (Lipinski definition) is 4. The van der Waals surface area contributed by atoms with E-state index in [1.54, 1.807) is 12.3 Å². The Morgan fingerprint density at radius 1 is 1.18 bits per heavy atom. The van der Waals surface area contributed by atoms with Crippen molar-refractivity contribution in [2.45, 2.75) is 52.6 Å². The number of carboxylic acid groups (broad SMARTS) is 1. The molecule has 180 valence electrons. The molecule has 0 unspecified atom stereocenters. The van der Waals surface area contributed by atoms with Gasteiger partial charge in [-0.3, -0.25) is 14.4 Å². The first-order valence-electron chi connectivity index (χ1n) is 11.1. The number of carbonyl (C=O) groups is 2. The minimum Gasteiger partial charge on any atom is -0.481 e. The topological polar surface area (TPSA) is 88.4 Å². The lowest BCUT2D eigenvalue weighted by molar-refractivity contribution is -0.138. The number of rotatable bonds is 9. The van der Waals surface area contributed by atoms with Crippen molar-refractivity contribution in [3.8, 4) is 10.4 Å². The molecule has 8 heteroatoms. The molecule has 0 fully saturated rings. The fourth-order valence-corrected chi connectivity index (χ4v) is 5.41. The zero-order valence-electron chi connectivity index (χ0n) is 19.7. The van der Waals surface area contributed by atoms with Gasteiger partial charge in [-0.2, -0.15) is 0 Å². The van der Waals surface area contributed by atoms with Crippen LogP contribution in [0.4, 0.5) is 0 Å². The summed E-state index contributed by atoms with van der Waals surface area (Å²) in [4.78, 5) is 38.5. The molecule has 0 radical (unpaired) electrons. The van der Waals surface area contributed by atoms with E-state index in [0.29, 0.717) is 17.0 Å². The van der Waals surface area contributed by atoms with Crippen molar-refractivity contribution in [1.82, 2.24) is 9.88 Å². The number of amides is 1.